The molecule has 1 atom stereocenters. The fourth-order valence-corrected chi connectivity index (χ4v) is 2.87. The first kappa shape index (κ1) is 15.5. The third-order valence-corrected chi connectivity index (χ3v) is 4.08. The predicted molar refractivity (Wildman–Crippen MR) is 79.9 cm³/mol. The van der Waals surface area contributed by atoms with Gasteiger partial charge in [-0.3, -0.25) is 19.9 Å². The van der Waals surface area contributed by atoms with Crippen molar-refractivity contribution in [1.82, 2.24) is 15.2 Å². The molecule has 0 aliphatic carbocycles. The largest absolute Gasteiger partial charge is 0.343 e. The van der Waals surface area contributed by atoms with Crippen LogP contribution in [0.15, 0.2) is 30.3 Å². The van der Waals surface area contributed by atoms with Gasteiger partial charge in [-0.05, 0) is 19.4 Å². The van der Waals surface area contributed by atoms with Crippen molar-refractivity contribution in [3.05, 3.63) is 35.9 Å². The molecule has 2 rings (SSSR count). The number of nitrogens with two attached hydrogens (primary N) is 1. The number of hydrogen-bond donors (Lipinski definition) is 2. The number of nitrogens with one attached hydrogen (secondary N) is 1. The predicted octanol–water partition coefficient (Wildman–Crippen LogP) is 0.270. The molecule has 0 aromatic heterocycles. The zero-order chi connectivity index (χ0) is 15.6. The number of hydrogen-bond acceptors (Lipinski definition) is 4. The quantitative estimate of drug-likeness (QED) is 0.476. The van der Waals surface area contributed by atoms with Crippen molar-refractivity contribution in [2.45, 2.75) is 25.4 Å². The highest BCUT2D eigenvalue weighted by Gasteiger charge is 2.45. The minimum Gasteiger partial charge on any atom is -0.343 e. The normalized spacial score (nSPS) is 20.2. The number of hydrazine groups is 1. The van der Waals surface area contributed by atoms with Gasteiger partial charge in [-0.2, -0.15) is 0 Å². The highest BCUT2D eigenvalue weighted by atomic mass is 16.2. The van der Waals surface area contributed by atoms with Crippen LogP contribution in [0.1, 0.15) is 25.5 Å². The SMILES string of the molecule is CN1CCN(C(C(=O)NN)c2ccccc2)C(C)(C)C1=O. The van der Waals surface area contributed by atoms with E-state index in [1.807, 2.05) is 49.1 Å². The van der Waals surface area contributed by atoms with Crippen LogP contribution in [0.4, 0.5) is 0 Å². The molecule has 1 aromatic carbocycles. The maximum Gasteiger partial charge on any atom is 0.255 e. The van der Waals surface area contributed by atoms with Gasteiger partial charge >= 0.3 is 0 Å². The summed E-state index contributed by atoms with van der Waals surface area (Å²) in [7, 11) is 1.78. The lowest BCUT2D eigenvalue weighted by Gasteiger charge is -2.47. The third-order valence-electron chi connectivity index (χ3n) is 4.08. The van der Waals surface area contributed by atoms with Crippen molar-refractivity contribution in [2.75, 3.05) is 20.1 Å². The summed E-state index contributed by atoms with van der Waals surface area (Å²) in [6.07, 6.45) is 0. The summed E-state index contributed by atoms with van der Waals surface area (Å²) < 4.78 is 0. The third kappa shape index (κ3) is 2.77. The summed E-state index contributed by atoms with van der Waals surface area (Å²) in [5.74, 6) is 5.03. The van der Waals surface area contributed by atoms with E-state index < -0.39 is 11.6 Å². The molecule has 0 bridgehead atoms. The lowest BCUT2D eigenvalue weighted by Crippen LogP contribution is -2.64. The van der Waals surface area contributed by atoms with Gasteiger partial charge in [-0.25, -0.2) is 5.84 Å². The second-order valence-corrected chi connectivity index (χ2v) is 5.80. The number of rotatable bonds is 3. The molecule has 21 heavy (non-hydrogen) atoms. The molecule has 0 radical (unpaired) electrons. The van der Waals surface area contributed by atoms with Crippen LogP contribution in [0.5, 0.6) is 0 Å². The summed E-state index contributed by atoms with van der Waals surface area (Å²) >= 11 is 0. The average Bonchev–Trinajstić information content (AvgIpc) is 2.48. The summed E-state index contributed by atoms with van der Waals surface area (Å²) in [4.78, 5) is 28.3. The van der Waals surface area contributed by atoms with E-state index in [-0.39, 0.29) is 11.8 Å². The van der Waals surface area contributed by atoms with Crippen LogP contribution in [0.2, 0.25) is 0 Å². The Kier molecular flexibility index (Phi) is 4.29. The molecular weight excluding hydrogens is 268 g/mol. The van der Waals surface area contributed by atoms with Crippen LogP contribution in [-0.4, -0.2) is 47.3 Å². The van der Waals surface area contributed by atoms with Gasteiger partial charge in [0.15, 0.2) is 0 Å². The van der Waals surface area contributed by atoms with Crippen molar-refractivity contribution < 1.29 is 9.59 Å². The van der Waals surface area contributed by atoms with Crippen molar-refractivity contribution in [1.29, 1.82) is 0 Å². The van der Waals surface area contributed by atoms with Gasteiger partial charge in [0.25, 0.3) is 5.91 Å². The van der Waals surface area contributed by atoms with Crippen LogP contribution >= 0.6 is 0 Å². The number of amides is 2. The monoisotopic (exact) mass is 290 g/mol. The lowest BCUT2D eigenvalue weighted by atomic mass is 9.92. The molecule has 1 fully saturated rings. The fraction of sp³-hybridized carbons (Fsp3) is 0.467. The number of nitrogens with zero attached hydrogens (tertiary/aromatic N) is 2. The van der Waals surface area contributed by atoms with Crippen molar-refractivity contribution in [3.8, 4) is 0 Å². The van der Waals surface area contributed by atoms with E-state index in [0.717, 1.165) is 5.56 Å². The van der Waals surface area contributed by atoms with Crippen LogP contribution in [0, 0.1) is 0 Å². The molecule has 0 spiro atoms. The Morgan fingerprint density at radius 3 is 2.48 bits per heavy atom. The van der Waals surface area contributed by atoms with Gasteiger partial charge in [0.2, 0.25) is 5.91 Å². The molecule has 1 saturated heterocycles. The summed E-state index contributed by atoms with van der Waals surface area (Å²) in [5, 5.41) is 0. The molecule has 1 unspecified atom stereocenters. The molecule has 114 valence electrons. The molecule has 6 nitrogen and oxygen atoms in total. The van der Waals surface area contributed by atoms with E-state index >= 15 is 0 Å². The van der Waals surface area contributed by atoms with Crippen LogP contribution < -0.4 is 11.3 Å². The molecule has 1 heterocycles. The van der Waals surface area contributed by atoms with Crippen LogP contribution in [0.25, 0.3) is 0 Å². The lowest BCUT2D eigenvalue weighted by molar-refractivity contribution is -0.152. The van der Waals surface area contributed by atoms with E-state index in [1.54, 1.807) is 11.9 Å². The second kappa shape index (κ2) is 5.83. The highest BCUT2D eigenvalue weighted by molar-refractivity contribution is 5.88. The number of benzene rings is 1. The van der Waals surface area contributed by atoms with Gasteiger partial charge in [-0.15, -0.1) is 0 Å². The van der Waals surface area contributed by atoms with Gasteiger partial charge in [0.1, 0.15) is 6.04 Å². The van der Waals surface area contributed by atoms with Crippen molar-refractivity contribution >= 4 is 11.8 Å². The molecule has 0 saturated carbocycles. The van der Waals surface area contributed by atoms with E-state index in [4.69, 9.17) is 5.84 Å². The zero-order valence-corrected chi connectivity index (χ0v) is 12.7. The zero-order valence-electron chi connectivity index (χ0n) is 12.7. The standard InChI is InChI=1S/C15H22N4O2/c1-15(2)14(21)18(3)9-10-19(15)12(13(20)17-16)11-7-5-4-6-8-11/h4-8,12H,9-10,16H2,1-3H3,(H,17,20). The molecule has 1 aliphatic rings. The Morgan fingerprint density at radius 1 is 1.29 bits per heavy atom. The van der Waals surface area contributed by atoms with Crippen molar-refractivity contribution in [2.24, 2.45) is 5.84 Å². The van der Waals surface area contributed by atoms with Crippen molar-refractivity contribution in [3.63, 3.8) is 0 Å². The Labute approximate surface area is 124 Å². The molecule has 6 heteroatoms. The minimum atomic E-state index is -0.764. The number of likely N-dealkylation sites (N-methyl/N-ethyl adjacent to an activating group) is 1. The highest BCUT2D eigenvalue weighted by Crippen LogP contribution is 2.32. The van der Waals surface area contributed by atoms with Crippen LogP contribution in [0.3, 0.4) is 0 Å². The summed E-state index contributed by atoms with van der Waals surface area (Å²) in [6, 6.07) is 8.80. The van der Waals surface area contributed by atoms with Gasteiger partial charge in [0, 0.05) is 20.1 Å². The topological polar surface area (TPSA) is 78.7 Å². The summed E-state index contributed by atoms with van der Waals surface area (Å²) in [5.41, 5.74) is 2.28. The number of carbonyl (C=O) groups is 2. The first-order chi connectivity index (χ1) is 9.89. The smallest absolute Gasteiger partial charge is 0.255 e. The molecule has 1 aromatic rings. The Bertz CT molecular complexity index is 530. The van der Waals surface area contributed by atoms with Gasteiger partial charge in [-0.1, -0.05) is 30.3 Å². The molecule has 3 N–H and O–H groups in total. The molecule has 2 amide bonds. The van der Waals surface area contributed by atoms with Gasteiger partial charge < -0.3 is 4.90 Å². The minimum absolute atomic E-state index is 0.000461. The van der Waals surface area contributed by atoms with E-state index in [9.17, 15) is 9.59 Å². The maximum atomic E-state index is 12.4. The first-order valence-electron chi connectivity index (χ1n) is 6.97. The first-order valence-corrected chi connectivity index (χ1v) is 6.97. The van der Waals surface area contributed by atoms with Gasteiger partial charge in [0.05, 0.1) is 5.54 Å². The number of carbonyl (C=O) groups excluding carboxylic acids is 2. The van der Waals surface area contributed by atoms with E-state index in [0.29, 0.717) is 13.1 Å². The fourth-order valence-electron chi connectivity index (χ4n) is 2.87. The van der Waals surface area contributed by atoms with Crippen LogP contribution in [-0.2, 0) is 9.59 Å². The van der Waals surface area contributed by atoms with E-state index in [2.05, 4.69) is 5.43 Å². The Hall–Kier alpha value is -1.92. The molecular formula is C15H22N4O2. The van der Waals surface area contributed by atoms with E-state index in [1.165, 1.54) is 0 Å². The maximum absolute atomic E-state index is 12.4. The second-order valence-electron chi connectivity index (χ2n) is 5.80. The number of piperazine rings is 1. The average molecular weight is 290 g/mol. The molecule has 1 aliphatic heterocycles. The Balaban J connectivity index is 2.42. The summed E-state index contributed by atoms with van der Waals surface area (Å²) in [6.45, 7) is 4.88. The Morgan fingerprint density at radius 2 is 1.90 bits per heavy atom.